The first-order chi connectivity index (χ1) is 19.3. The highest BCUT2D eigenvalue weighted by atomic mass is 32.2. The van der Waals surface area contributed by atoms with Crippen LogP contribution in [0.4, 0.5) is 0 Å². The molecule has 0 radical (unpaired) electrons. The number of rotatable bonds is 15. The molecule has 2 heterocycles. The number of thioether (sulfide) groups is 1. The van der Waals surface area contributed by atoms with Crippen molar-refractivity contribution < 1.29 is 29.9 Å². The lowest BCUT2D eigenvalue weighted by Crippen LogP contribution is -2.61. The predicted octanol–water partition coefficient (Wildman–Crippen LogP) is 2.82. The van der Waals surface area contributed by atoms with E-state index >= 15 is 0 Å². The van der Waals surface area contributed by atoms with Gasteiger partial charge in [0.05, 0.1) is 54.2 Å². The third kappa shape index (κ3) is 8.06. The highest BCUT2D eigenvalue weighted by Gasteiger charge is 2.70. The smallest absolute Gasteiger partial charge is 0.183 e. The number of aryl methyl sites for hydroxylation is 1. The molecule has 10 heteroatoms. The first-order valence-corrected chi connectivity index (χ1v) is 15.6. The maximum atomic E-state index is 10.7. The van der Waals surface area contributed by atoms with Crippen molar-refractivity contribution in [1.29, 1.82) is 0 Å². The largest absolute Gasteiger partial charge is 0.396 e. The molecule has 1 saturated carbocycles. The Kier molecular flexibility index (Phi) is 10.5. The highest BCUT2D eigenvalue weighted by Crippen LogP contribution is 2.56. The Balaban J connectivity index is 1.16. The molecule has 0 amide bonds. The third-order valence-corrected chi connectivity index (χ3v) is 9.55. The zero-order valence-corrected chi connectivity index (χ0v) is 25.5. The molecule has 7 atom stereocenters. The van der Waals surface area contributed by atoms with E-state index in [1.54, 1.807) is 0 Å². The maximum Gasteiger partial charge on any atom is 0.183 e. The minimum absolute atomic E-state index is 0.0357. The fraction of sp³-hybridized carbons (Fsp3) is 0.677. The van der Waals surface area contributed by atoms with Crippen molar-refractivity contribution in [3.63, 3.8) is 0 Å². The van der Waals surface area contributed by atoms with Gasteiger partial charge in [-0.2, -0.15) is 10.2 Å². The molecule has 2 aliphatic rings. The van der Waals surface area contributed by atoms with Crippen LogP contribution >= 0.6 is 11.8 Å². The molecular weight excluding hydrogens is 542 g/mol. The van der Waals surface area contributed by atoms with E-state index in [2.05, 4.69) is 50.0 Å². The number of aliphatic hydroxyl groups is 4. The van der Waals surface area contributed by atoms with E-state index in [1.165, 1.54) is 17.3 Å². The van der Waals surface area contributed by atoms with Crippen molar-refractivity contribution in [1.82, 2.24) is 10.2 Å². The lowest BCUT2D eigenvalue weighted by atomic mass is 9.79. The molecule has 1 aromatic heterocycles. The molecule has 228 valence electrons. The average Bonchev–Trinajstić information content (AvgIpc) is 3.05. The van der Waals surface area contributed by atoms with Crippen LogP contribution in [0.15, 0.2) is 42.5 Å². The predicted molar refractivity (Wildman–Crippen MR) is 159 cm³/mol. The first-order valence-electron chi connectivity index (χ1n) is 14.6. The van der Waals surface area contributed by atoms with Gasteiger partial charge >= 0.3 is 0 Å². The maximum absolute atomic E-state index is 10.7. The molecule has 9 nitrogen and oxygen atoms in total. The summed E-state index contributed by atoms with van der Waals surface area (Å²) in [6.45, 7) is 8.50. The van der Waals surface area contributed by atoms with Crippen LogP contribution in [0.5, 0.6) is 0 Å². The van der Waals surface area contributed by atoms with Crippen LogP contribution in [-0.4, -0.2) is 78.1 Å². The fourth-order valence-electron chi connectivity index (χ4n) is 6.24. The molecule has 2 fully saturated rings. The second-order valence-corrected chi connectivity index (χ2v) is 14.3. The van der Waals surface area contributed by atoms with Crippen molar-refractivity contribution in [3.8, 4) is 0 Å². The Bertz CT molecular complexity index is 1100. The zero-order chi connectivity index (χ0) is 29.8. The van der Waals surface area contributed by atoms with E-state index in [0.29, 0.717) is 6.61 Å². The Labute approximate surface area is 247 Å². The van der Waals surface area contributed by atoms with E-state index in [-0.39, 0.29) is 17.1 Å². The van der Waals surface area contributed by atoms with Crippen LogP contribution in [-0.2, 0) is 28.9 Å². The minimum atomic E-state index is -1.66. The summed E-state index contributed by atoms with van der Waals surface area (Å²) in [7, 11) is 0. The van der Waals surface area contributed by atoms with Gasteiger partial charge in [-0.05, 0) is 74.8 Å². The van der Waals surface area contributed by atoms with Gasteiger partial charge in [0.25, 0.3) is 0 Å². The number of hydrogen-bond donors (Lipinski definition) is 5. The van der Waals surface area contributed by atoms with Gasteiger partial charge in [-0.25, -0.2) is 0 Å². The number of ether oxygens (including phenoxy) is 2. The van der Waals surface area contributed by atoms with E-state index < -0.39 is 41.9 Å². The Morgan fingerprint density at radius 3 is 2.39 bits per heavy atom. The van der Waals surface area contributed by atoms with Gasteiger partial charge in [-0.1, -0.05) is 44.2 Å². The van der Waals surface area contributed by atoms with E-state index in [0.717, 1.165) is 49.2 Å². The zero-order valence-electron chi connectivity index (χ0n) is 24.6. The van der Waals surface area contributed by atoms with Crippen molar-refractivity contribution in [2.45, 2.75) is 101 Å². The van der Waals surface area contributed by atoms with Gasteiger partial charge in [0, 0.05) is 6.04 Å². The van der Waals surface area contributed by atoms with Gasteiger partial charge < -0.3 is 35.6 Å². The van der Waals surface area contributed by atoms with Gasteiger partial charge in [0.1, 0.15) is 5.44 Å². The summed E-state index contributed by atoms with van der Waals surface area (Å²) in [5.74, 6) is -2.40. The summed E-state index contributed by atoms with van der Waals surface area (Å²) < 4.78 is 11.9. The van der Waals surface area contributed by atoms with E-state index in [9.17, 15) is 20.4 Å². The normalized spacial score (nSPS) is 28.8. The van der Waals surface area contributed by atoms with Crippen LogP contribution < -0.4 is 5.73 Å². The van der Waals surface area contributed by atoms with Gasteiger partial charge in [-0.15, -0.1) is 11.8 Å². The average molecular weight is 590 g/mol. The van der Waals surface area contributed by atoms with Crippen LogP contribution in [0.2, 0.25) is 0 Å². The molecule has 6 N–H and O–H groups in total. The van der Waals surface area contributed by atoms with Gasteiger partial charge in [-0.3, -0.25) is 0 Å². The SMILES string of the molecule is CC(C)(CCSC1OC2(O)C(CO)C(O)C(O)C12)CC(C)(C)OCc1ccc(CCC(N)Cc2ccccc2)nn1. The third-order valence-electron chi connectivity index (χ3n) is 8.40. The van der Waals surface area contributed by atoms with Crippen LogP contribution in [0.25, 0.3) is 0 Å². The summed E-state index contributed by atoms with van der Waals surface area (Å²) >= 11 is 1.52. The molecule has 1 aliphatic heterocycles. The number of benzene rings is 1. The second-order valence-electron chi connectivity index (χ2n) is 13.0. The van der Waals surface area contributed by atoms with Gasteiger partial charge in [0.2, 0.25) is 0 Å². The standard InChI is InChI=1S/C31H47N3O6S/c1-29(2,14-15-41-28-25-27(37)26(36)24(17-35)31(25,38)40-28)19-30(3,4)39-18-23-13-12-22(33-34-23)11-10-21(32)16-20-8-6-5-7-9-20/h5-9,12-13,21,24-28,35-38H,10-11,14-19,32H2,1-4H3. The second kappa shape index (κ2) is 13.3. The highest BCUT2D eigenvalue weighted by molar-refractivity contribution is 7.99. The fourth-order valence-corrected chi connectivity index (χ4v) is 7.92. The summed E-state index contributed by atoms with van der Waals surface area (Å²) in [6, 6.07) is 14.3. The van der Waals surface area contributed by atoms with E-state index in [1.807, 2.05) is 30.3 Å². The molecule has 1 aromatic carbocycles. The van der Waals surface area contributed by atoms with Crippen LogP contribution in [0, 0.1) is 17.3 Å². The van der Waals surface area contributed by atoms with Crippen molar-refractivity contribution in [2.75, 3.05) is 12.4 Å². The monoisotopic (exact) mass is 589 g/mol. The number of hydrogen-bond acceptors (Lipinski definition) is 10. The number of fused-ring (bicyclic) bond motifs is 1. The topological polar surface area (TPSA) is 151 Å². The Hall–Kier alpha value is -1.63. The van der Waals surface area contributed by atoms with Crippen LogP contribution in [0.3, 0.4) is 0 Å². The number of nitrogens with zero attached hydrogens (tertiary/aromatic N) is 2. The first kappa shape index (κ1) is 32.3. The Morgan fingerprint density at radius 2 is 1.73 bits per heavy atom. The molecule has 0 spiro atoms. The van der Waals surface area contributed by atoms with Crippen LogP contribution in [0.1, 0.15) is 63.9 Å². The molecule has 1 aliphatic carbocycles. The number of aliphatic hydroxyl groups excluding tert-OH is 3. The molecular formula is C31H47N3O6S. The lowest BCUT2D eigenvalue weighted by Gasteiger charge is -2.49. The number of nitrogens with two attached hydrogens (primary N) is 1. The van der Waals surface area contributed by atoms with E-state index in [4.69, 9.17) is 15.2 Å². The minimum Gasteiger partial charge on any atom is -0.396 e. The lowest BCUT2D eigenvalue weighted by molar-refractivity contribution is -0.355. The van der Waals surface area contributed by atoms with Crippen molar-refractivity contribution in [3.05, 3.63) is 59.4 Å². The van der Waals surface area contributed by atoms with Gasteiger partial charge in [0.15, 0.2) is 5.79 Å². The van der Waals surface area contributed by atoms with Crippen molar-refractivity contribution in [2.24, 2.45) is 23.0 Å². The summed E-state index contributed by atoms with van der Waals surface area (Å²) in [5.41, 5.74) is 8.45. The molecule has 4 rings (SSSR count). The molecule has 0 bridgehead atoms. The quantitative estimate of drug-likeness (QED) is 0.210. The molecule has 2 aromatic rings. The Morgan fingerprint density at radius 1 is 1.05 bits per heavy atom. The summed E-state index contributed by atoms with van der Waals surface area (Å²) in [5, 5.41) is 49.4. The van der Waals surface area contributed by atoms with Crippen molar-refractivity contribution >= 4 is 11.8 Å². The molecule has 41 heavy (non-hydrogen) atoms. The number of aromatic nitrogens is 2. The summed E-state index contributed by atoms with van der Waals surface area (Å²) in [4.78, 5) is 0. The molecule has 1 saturated heterocycles. The summed E-state index contributed by atoms with van der Waals surface area (Å²) in [6.07, 6.45) is 1.86. The molecule has 7 unspecified atom stereocenters.